The smallest absolute Gasteiger partial charge is 0.263 e. The Morgan fingerprint density at radius 2 is 2.17 bits per heavy atom. The molecule has 150 valence electrons. The lowest BCUT2D eigenvalue weighted by atomic mass is 9.89. The lowest BCUT2D eigenvalue weighted by molar-refractivity contribution is -0.123. The van der Waals surface area contributed by atoms with Crippen LogP contribution in [0.25, 0.3) is 10.2 Å². The van der Waals surface area contributed by atoms with Crippen LogP contribution in [0.5, 0.6) is 0 Å². The molecule has 2 atom stereocenters. The molecule has 2 heterocycles. The Morgan fingerprint density at radius 3 is 2.93 bits per heavy atom. The summed E-state index contributed by atoms with van der Waals surface area (Å²) in [5.41, 5.74) is 4.25. The van der Waals surface area contributed by atoms with Crippen molar-refractivity contribution in [3.8, 4) is 0 Å². The van der Waals surface area contributed by atoms with E-state index in [1.165, 1.54) is 22.0 Å². The SMILES string of the molecule is C[C@H]1CCc2c(sc3ncn([C@H](C)C(=O)N/N=C\c4ccc(Cl)cc4)c(=O)c23)C1. The molecule has 0 aliphatic heterocycles. The van der Waals surface area contributed by atoms with Crippen molar-refractivity contribution in [3.05, 3.63) is 62.0 Å². The van der Waals surface area contributed by atoms with Crippen molar-refractivity contribution in [1.29, 1.82) is 0 Å². The van der Waals surface area contributed by atoms with E-state index in [2.05, 4.69) is 22.4 Å². The van der Waals surface area contributed by atoms with E-state index in [-0.39, 0.29) is 11.5 Å². The van der Waals surface area contributed by atoms with E-state index in [1.54, 1.807) is 42.5 Å². The number of rotatable bonds is 4. The van der Waals surface area contributed by atoms with Crippen LogP contribution in [0, 0.1) is 5.92 Å². The van der Waals surface area contributed by atoms with Gasteiger partial charge in [-0.15, -0.1) is 11.3 Å². The highest BCUT2D eigenvalue weighted by Crippen LogP contribution is 2.35. The number of thiophene rings is 1. The Hall–Kier alpha value is -2.51. The summed E-state index contributed by atoms with van der Waals surface area (Å²) in [6.45, 7) is 3.90. The molecule has 29 heavy (non-hydrogen) atoms. The first-order chi connectivity index (χ1) is 13.9. The van der Waals surface area contributed by atoms with Gasteiger partial charge >= 0.3 is 0 Å². The molecule has 1 aromatic carbocycles. The number of hydrogen-bond acceptors (Lipinski definition) is 5. The first-order valence-electron chi connectivity index (χ1n) is 9.54. The van der Waals surface area contributed by atoms with Gasteiger partial charge in [-0.1, -0.05) is 30.7 Å². The second-order valence-electron chi connectivity index (χ2n) is 7.45. The summed E-state index contributed by atoms with van der Waals surface area (Å²) in [6.07, 6.45) is 5.95. The maximum atomic E-state index is 13.1. The van der Waals surface area contributed by atoms with Crippen molar-refractivity contribution in [1.82, 2.24) is 15.0 Å². The predicted octanol–water partition coefficient (Wildman–Crippen LogP) is 3.95. The third-order valence-electron chi connectivity index (χ3n) is 5.30. The topological polar surface area (TPSA) is 76.3 Å². The summed E-state index contributed by atoms with van der Waals surface area (Å²) in [5.74, 6) is 0.247. The van der Waals surface area contributed by atoms with Gasteiger partial charge in [0.2, 0.25) is 0 Å². The van der Waals surface area contributed by atoms with E-state index in [0.717, 1.165) is 35.2 Å². The van der Waals surface area contributed by atoms with Gasteiger partial charge in [-0.2, -0.15) is 5.10 Å². The van der Waals surface area contributed by atoms with Gasteiger partial charge in [0, 0.05) is 9.90 Å². The maximum Gasteiger partial charge on any atom is 0.263 e. The zero-order chi connectivity index (χ0) is 20.5. The van der Waals surface area contributed by atoms with E-state index >= 15 is 0 Å². The van der Waals surface area contributed by atoms with Crippen molar-refractivity contribution in [2.24, 2.45) is 11.0 Å². The molecule has 1 amide bonds. The predicted molar refractivity (Wildman–Crippen MR) is 117 cm³/mol. The second kappa shape index (κ2) is 8.08. The lowest BCUT2D eigenvalue weighted by Crippen LogP contribution is -2.34. The molecule has 2 aromatic heterocycles. The van der Waals surface area contributed by atoms with Crippen molar-refractivity contribution in [3.63, 3.8) is 0 Å². The monoisotopic (exact) mass is 428 g/mol. The first-order valence-corrected chi connectivity index (χ1v) is 10.7. The molecular formula is C21H21ClN4O2S. The molecule has 0 unspecified atom stereocenters. The number of halogens is 1. The Bertz CT molecular complexity index is 1150. The summed E-state index contributed by atoms with van der Waals surface area (Å²) >= 11 is 7.45. The van der Waals surface area contributed by atoms with Crippen LogP contribution in [-0.2, 0) is 17.6 Å². The molecule has 4 rings (SSSR count). The number of nitrogens with zero attached hydrogens (tertiary/aromatic N) is 3. The molecule has 8 heteroatoms. The van der Waals surface area contributed by atoms with Crippen LogP contribution in [0.1, 0.15) is 42.3 Å². The van der Waals surface area contributed by atoms with Crippen LogP contribution < -0.4 is 11.0 Å². The highest BCUT2D eigenvalue weighted by molar-refractivity contribution is 7.18. The molecule has 0 fully saturated rings. The van der Waals surface area contributed by atoms with Crippen molar-refractivity contribution >= 4 is 45.3 Å². The fourth-order valence-electron chi connectivity index (χ4n) is 3.56. The number of aromatic nitrogens is 2. The highest BCUT2D eigenvalue weighted by Gasteiger charge is 2.25. The largest absolute Gasteiger partial charge is 0.286 e. The van der Waals surface area contributed by atoms with Crippen LogP contribution in [-0.4, -0.2) is 21.7 Å². The standard InChI is InChI=1S/C21H21ClN4O2S/c1-12-3-8-16-17(9-12)29-20-18(16)21(28)26(11-23-20)13(2)19(27)25-24-10-14-4-6-15(22)7-5-14/h4-7,10-13H,3,8-9H2,1-2H3,(H,25,27)/b24-10-/t12-,13+/m0/s1. The minimum atomic E-state index is -0.722. The number of nitrogens with one attached hydrogen (secondary N) is 1. The molecule has 6 nitrogen and oxygen atoms in total. The number of carbonyl (C=O) groups excluding carboxylic acids is 1. The fraction of sp³-hybridized carbons (Fsp3) is 0.333. The molecule has 0 bridgehead atoms. The molecule has 0 saturated heterocycles. The van der Waals surface area contributed by atoms with Crippen LogP contribution in [0.4, 0.5) is 0 Å². The lowest BCUT2D eigenvalue weighted by Gasteiger charge is -2.18. The summed E-state index contributed by atoms with van der Waals surface area (Å²) in [5, 5.41) is 5.28. The van der Waals surface area contributed by atoms with Gasteiger partial charge in [-0.25, -0.2) is 10.4 Å². The number of hydrogen-bond donors (Lipinski definition) is 1. The zero-order valence-corrected chi connectivity index (χ0v) is 17.8. The van der Waals surface area contributed by atoms with E-state index in [9.17, 15) is 9.59 Å². The Morgan fingerprint density at radius 1 is 1.41 bits per heavy atom. The number of hydrazone groups is 1. The maximum absolute atomic E-state index is 13.1. The third-order valence-corrected chi connectivity index (χ3v) is 6.71. The summed E-state index contributed by atoms with van der Waals surface area (Å²) in [4.78, 5) is 32.1. The van der Waals surface area contributed by atoms with E-state index in [1.807, 2.05) is 0 Å². The minimum Gasteiger partial charge on any atom is -0.286 e. The number of carbonyl (C=O) groups is 1. The highest BCUT2D eigenvalue weighted by atomic mass is 35.5. The fourth-order valence-corrected chi connectivity index (χ4v) is 5.03. The number of amides is 1. The normalized spacial score (nSPS) is 17.4. The Kier molecular flexibility index (Phi) is 5.52. The molecule has 0 saturated carbocycles. The first kappa shape index (κ1) is 19.8. The second-order valence-corrected chi connectivity index (χ2v) is 8.97. The summed E-state index contributed by atoms with van der Waals surface area (Å²) in [7, 11) is 0. The summed E-state index contributed by atoms with van der Waals surface area (Å²) < 4.78 is 1.39. The zero-order valence-electron chi connectivity index (χ0n) is 16.2. The Balaban J connectivity index is 1.55. The van der Waals surface area contributed by atoms with Crippen LogP contribution in [0.3, 0.4) is 0 Å². The molecule has 3 aromatic rings. The molecular weight excluding hydrogens is 408 g/mol. The van der Waals surface area contributed by atoms with Gasteiger partial charge in [0.15, 0.2) is 0 Å². The van der Waals surface area contributed by atoms with Crippen molar-refractivity contribution in [2.45, 2.75) is 39.2 Å². The number of benzene rings is 1. The molecule has 0 radical (unpaired) electrons. The average molecular weight is 429 g/mol. The van der Waals surface area contributed by atoms with E-state index < -0.39 is 6.04 Å². The minimum absolute atomic E-state index is 0.161. The van der Waals surface area contributed by atoms with Crippen LogP contribution in [0.2, 0.25) is 5.02 Å². The summed E-state index contributed by atoms with van der Waals surface area (Å²) in [6, 6.07) is 6.36. The van der Waals surface area contributed by atoms with Gasteiger partial charge < -0.3 is 0 Å². The molecule has 0 spiro atoms. The van der Waals surface area contributed by atoms with Gasteiger partial charge in [0.25, 0.3) is 11.5 Å². The van der Waals surface area contributed by atoms with Gasteiger partial charge in [-0.3, -0.25) is 14.2 Å². The van der Waals surface area contributed by atoms with Crippen molar-refractivity contribution in [2.75, 3.05) is 0 Å². The molecule has 1 N–H and O–H groups in total. The van der Waals surface area contributed by atoms with Gasteiger partial charge in [-0.05, 0) is 55.4 Å². The number of fused-ring (bicyclic) bond motifs is 3. The molecule has 1 aliphatic rings. The molecule has 1 aliphatic carbocycles. The Labute approximate surface area is 177 Å². The van der Waals surface area contributed by atoms with Crippen LogP contribution >= 0.6 is 22.9 Å². The quantitative estimate of drug-likeness (QED) is 0.505. The van der Waals surface area contributed by atoms with Gasteiger partial charge in [0.1, 0.15) is 10.9 Å². The van der Waals surface area contributed by atoms with E-state index in [4.69, 9.17) is 11.6 Å². The van der Waals surface area contributed by atoms with Crippen LogP contribution in [0.15, 0.2) is 40.5 Å². The number of aryl methyl sites for hydroxylation is 1. The van der Waals surface area contributed by atoms with E-state index in [0.29, 0.717) is 16.3 Å². The van der Waals surface area contributed by atoms with Crippen molar-refractivity contribution < 1.29 is 4.79 Å². The third kappa shape index (κ3) is 3.97. The van der Waals surface area contributed by atoms with Gasteiger partial charge in [0.05, 0.1) is 17.9 Å². The average Bonchev–Trinajstić information content (AvgIpc) is 3.07.